The van der Waals surface area contributed by atoms with Gasteiger partial charge in [-0.2, -0.15) is 0 Å². The van der Waals surface area contributed by atoms with E-state index in [1.54, 1.807) is 11.8 Å². The maximum Gasteiger partial charge on any atom is 0.0417 e. The summed E-state index contributed by atoms with van der Waals surface area (Å²) in [5.74, 6) is 0. The average molecular weight is 329 g/mol. The lowest BCUT2D eigenvalue weighted by Crippen LogP contribution is -1.97. The van der Waals surface area contributed by atoms with Gasteiger partial charge in [0.1, 0.15) is 0 Å². The Bertz CT molecular complexity index is 531. The van der Waals surface area contributed by atoms with E-state index in [4.69, 9.17) is 17.3 Å². The first kappa shape index (κ1) is 13.0. The predicted molar refractivity (Wildman–Crippen MR) is 77.6 cm³/mol. The van der Waals surface area contributed by atoms with Crippen molar-refractivity contribution in [3.63, 3.8) is 0 Å². The number of halogens is 2. The average Bonchev–Trinajstić information content (AvgIpc) is 2.29. The normalized spacial score (nSPS) is 10.5. The Morgan fingerprint density at radius 3 is 2.71 bits per heavy atom. The highest BCUT2D eigenvalue weighted by atomic mass is 79.9. The van der Waals surface area contributed by atoms with Crippen LogP contribution in [0, 0.1) is 0 Å². The van der Waals surface area contributed by atoms with Crippen LogP contribution in [-0.2, 0) is 6.54 Å². The molecular formula is C13H11BrClNS. The summed E-state index contributed by atoms with van der Waals surface area (Å²) in [5.41, 5.74) is 6.87. The van der Waals surface area contributed by atoms with Gasteiger partial charge in [0.2, 0.25) is 0 Å². The van der Waals surface area contributed by atoms with Crippen LogP contribution in [0.1, 0.15) is 5.56 Å². The SMILES string of the molecule is NCc1ccc(Br)cc1Sc1cccc(Cl)c1. The maximum absolute atomic E-state index is 5.97. The fourth-order valence-corrected chi connectivity index (χ4v) is 3.27. The Morgan fingerprint density at radius 2 is 2.00 bits per heavy atom. The van der Waals surface area contributed by atoms with Crippen molar-refractivity contribution in [2.45, 2.75) is 16.3 Å². The molecule has 0 aliphatic heterocycles. The lowest BCUT2D eigenvalue weighted by Gasteiger charge is -2.08. The van der Waals surface area contributed by atoms with Crippen LogP contribution in [0.5, 0.6) is 0 Å². The van der Waals surface area contributed by atoms with Gasteiger partial charge >= 0.3 is 0 Å². The lowest BCUT2D eigenvalue weighted by molar-refractivity contribution is 1.02. The molecule has 0 saturated heterocycles. The van der Waals surface area contributed by atoms with E-state index >= 15 is 0 Å². The first-order valence-electron chi connectivity index (χ1n) is 5.11. The molecule has 2 N–H and O–H groups in total. The molecule has 0 heterocycles. The first-order valence-corrected chi connectivity index (χ1v) is 7.09. The third-order valence-corrected chi connectivity index (χ3v) is 4.09. The Hall–Kier alpha value is -0.480. The fraction of sp³-hybridized carbons (Fsp3) is 0.0769. The molecule has 0 amide bonds. The minimum Gasteiger partial charge on any atom is -0.326 e. The van der Waals surface area contributed by atoms with Gasteiger partial charge in [0.05, 0.1) is 0 Å². The second-order valence-corrected chi connectivity index (χ2v) is 5.98. The van der Waals surface area contributed by atoms with Gasteiger partial charge in [-0.1, -0.05) is 51.4 Å². The van der Waals surface area contributed by atoms with E-state index in [-0.39, 0.29) is 0 Å². The molecular weight excluding hydrogens is 318 g/mol. The number of benzene rings is 2. The van der Waals surface area contributed by atoms with Gasteiger partial charge in [0.25, 0.3) is 0 Å². The Labute approximate surface area is 118 Å². The van der Waals surface area contributed by atoms with Crippen molar-refractivity contribution in [2.24, 2.45) is 5.73 Å². The third kappa shape index (κ3) is 3.49. The summed E-state index contributed by atoms with van der Waals surface area (Å²) in [6, 6.07) is 13.9. The molecule has 88 valence electrons. The number of rotatable bonds is 3. The molecule has 0 unspecified atom stereocenters. The quantitative estimate of drug-likeness (QED) is 0.883. The van der Waals surface area contributed by atoms with Gasteiger partial charge in [-0.25, -0.2) is 0 Å². The Balaban J connectivity index is 2.32. The van der Waals surface area contributed by atoms with E-state index in [0.717, 1.165) is 24.8 Å². The van der Waals surface area contributed by atoms with Crippen molar-refractivity contribution in [3.05, 3.63) is 57.5 Å². The van der Waals surface area contributed by atoms with Crippen molar-refractivity contribution >= 4 is 39.3 Å². The number of hydrogen-bond acceptors (Lipinski definition) is 2. The zero-order chi connectivity index (χ0) is 12.3. The predicted octanol–water partition coefficient (Wildman–Crippen LogP) is 4.71. The smallest absolute Gasteiger partial charge is 0.0417 e. The molecule has 0 radical (unpaired) electrons. The van der Waals surface area contributed by atoms with Crippen molar-refractivity contribution in [1.29, 1.82) is 0 Å². The third-order valence-electron chi connectivity index (χ3n) is 2.27. The second-order valence-electron chi connectivity index (χ2n) is 3.52. The van der Waals surface area contributed by atoms with E-state index in [1.165, 1.54) is 0 Å². The molecule has 0 fully saturated rings. The maximum atomic E-state index is 5.97. The van der Waals surface area contributed by atoms with Gasteiger partial charge in [-0.05, 0) is 35.9 Å². The standard InChI is InChI=1S/C13H11BrClNS/c14-10-5-4-9(8-16)13(6-10)17-12-3-1-2-11(15)7-12/h1-7H,8,16H2. The zero-order valence-corrected chi connectivity index (χ0v) is 12.1. The van der Waals surface area contributed by atoms with E-state index in [0.29, 0.717) is 6.54 Å². The van der Waals surface area contributed by atoms with Crippen LogP contribution < -0.4 is 5.73 Å². The van der Waals surface area contributed by atoms with Gasteiger partial charge < -0.3 is 5.73 Å². The van der Waals surface area contributed by atoms with Crippen molar-refractivity contribution < 1.29 is 0 Å². The summed E-state index contributed by atoms with van der Waals surface area (Å²) in [6.07, 6.45) is 0. The highest BCUT2D eigenvalue weighted by molar-refractivity contribution is 9.10. The molecule has 17 heavy (non-hydrogen) atoms. The van der Waals surface area contributed by atoms with Crippen molar-refractivity contribution in [2.75, 3.05) is 0 Å². The highest BCUT2D eigenvalue weighted by Crippen LogP contribution is 2.33. The molecule has 4 heteroatoms. The van der Waals surface area contributed by atoms with Crippen LogP contribution >= 0.6 is 39.3 Å². The van der Waals surface area contributed by atoms with Crippen LogP contribution in [0.2, 0.25) is 5.02 Å². The van der Waals surface area contributed by atoms with E-state index in [2.05, 4.69) is 22.0 Å². The topological polar surface area (TPSA) is 26.0 Å². The molecule has 2 aromatic rings. The van der Waals surface area contributed by atoms with Gasteiger partial charge in [-0.15, -0.1) is 0 Å². The summed E-state index contributed by atoms with van der Waals surface area (Å²) in [7, 11) is 0. The Morgan fingerprint density at radius 1 is 1.18 bits per heavy atom. The summed E-state index contributed by atoms with van der Waals surface area (Å²) in [4.78, 5) is 2.27. The highest BCUT2D eigenvalue weighted by Gasteiger charge is 2.04. The molecule has 2 aromatic carbocycles. The van der Waals surface area contributed by atoms with Crippen molar-refractivity contribution in [1.82, 2.24) is 0 Å². The lowest BCUT2D eigenvalue weighted by atomic mass is 10.2. The van der Waals surface area contributed by atoms with Crippen LogP contribution in [-0.4, -0.2) is 0 Å². The van der Waals surface area contributed by atoms with Crippen LogP contribution in [0.25, 0.3) is 0 Å². The van der Waals surface area contributed by atoms with Crippen LogP contribution in [0.4, 0.5) is 0 Å². The first-order chi connectivity index (χ1) is 8.19. The number of nitrogens with two attached hydrogens (primary N) is 1. The van der Waals surface area contributed by atoms with Gasteiger partial charge in [0, 0.05) is 25.8 Å². The van der Waals surface area contributed by atoms with Crippen molar-refractivity contribution in [3.8, 4) is 0 Å². The summed E-state index contributed by atoms with van der Waals surface area (Å²) >= 11 is 11.1. The fourth-order valence-electron chi connectivity index (χ4n) is 1.45. The molecule has 0 aliphatic rings. The largest absolute Gasteiger partial charge is 0.326 e. The molecule has 0 spiro atoms. The minimum absolute atomic E-state index is 0.538. The minimum atomic E-state index is 0.538. The van der Waals surface area contributed by atoms with E-state index in [9.17, 15) is 0 Å². The van der Waals surface area contributed by atoms with E-state index < -0.39 is 0 Å². The van der Waals surface area contributed by atoms with Crippen LogP contribution in [0.15, 0.2) is 56.7 Å². The molecule has 1 nitrogen and oxygen atoms in total. The number of hydrogen-bond donors (Lipinski definition) is 1. The summed E-state index contributed by atoms with van der Waals surface area (Å²) < 4.78 is 1.05. The van der Waals surface area contributed by atoms with Gasteiger partial charge in [0.15, 0.2) is 0 Å². The second kappa shape index (κ2) is 5.91. The van der Waals surface area contributed by atoms with Gasteiger partial charge in [-0.3, -0.25) is 0 Å². The zero-order valence-electron chi connectivity index (χ0n) is 8.99. The summed E-state index contributed by atoms with van der Waals surface area (Å²) in [6.45, 7) is 0.538. The van der Waals surface area contributed by atoms with E-state index in [1.807, 2.05) is 36.4 Å². The summed E-state index contributed by atoms with van der Waals surface area (Å²) in [5, 5.41) is 0.749. The van der Waals surface area contributed by atoms with Crippen LogP contribution in [0.3, 0.4) is 0 Å². The molecule has 0 saturated carbocycles. The monoisotopic (exact) mass is 327 g/mol. The molecule has 2 rings (SSSR count). The molecule has 0 aromatic heterocycles. The molecule has 0 bridgehead atoms. The molecule has 0 atom stereocenters. The molecule has 0 aliphatic carbocycles. The Kier molecular flexibility index (Phi) is 4.51.